The van der Waals surface area contributed by atoms with E-state index < -0.39 is 0 Å². The summed E-state index contributed by atoms with van der Waals surface area (Å²) in [4.78, 5) is 23.4. The van der Waals surface area contributed by atoms with Gasteiger partial charge in [-0.1, -0.05) is 31.2 Å². The fourth-order valence-electron chi connectivity index (χ4n) is 2.65. The minimum absolute atomic E-state index is 0.0113. The van der Waals surface area contributed by atoms with Gasteiger partial charge in [0.2, 0.25) is 11.8 Å². The monoisotopic (exact) mass is 261 g/mol. The number of imide groups is 1. The molecule has 0 radical (unpaired) electrons. The van der Waals surface area contributed by atoms with Crippen molar-refractivity contribution in [2.45, 2.75) is 32.3 Å². The maximum absolute atomic E-state index is 11.8. The summed E-state index contributed by atoms with van der Waals surface area (Å²) in [5, 5.41) is 2.41. The number of carbonyl (C=O) groups excluding carboxylic acids is 2. The number of hydrogen-bond donors (Lipinski definition) is 1. The molecule has 1 saturated heterocycles. The Labute approximate surface area is 113 Å². The minimum atomic E-state index is -0.180. The molecular weight excluding hydrogens is 242 g/mol. The van der Waals surface area contributed by atoms with Gasteiger partial charge in [-0.05, 0) is 17.5 Å². The predicted molar refractivity (Wildman–Crippen MR) is 71.4 cm³/mol. The molecule has 0 saturated carbocycles. The summed E-state index contributed by atoms with van der Waals surface area (Å²) < 4.78 is 5.07. The van der Waals surface area contributed by atoms with Crippen LogP contribution in [0.3, 0.4) is 0 Å². The summed E-state index contributed by atoms with van der Waals surface area (Å²) in [6.07, 6.45) is 1.12. The third-order valence-corrected chi connectivity index (χ3v) is 3.65. The Morgan fingerprint density at radius 1 is 1.26 bits per heavy atom. The third kappa shape index (κ3) is 3.01. The molecule has 4 nitrogen and oxygen atoms in total. The molecule has 19 heavy (non-hydrogen) atoms. The summed E-state index contributed by atoms with van der Waals surface area (Å²) in [6.45, 7) is 2.55. The van der Waals surface area contributed by atoms with Gasteiger partial charge < -0.3 is 4.74 Å². The summed E-state index contributed by atoms with van der Waals surface area (Å²) in [7, 11) is 1.66. The smallest absolute Gasteiger partial charge is 0.230 e. The van der Waals surface area contributed by atoms with Crippen LogP contribution in [0.5, 0.6) is 0 Å². The molecule has 1 heterocycles. The summed E-state index contributed by atoms with van der Waals surface area (Å²) >= 11 is 0. The quantitative estimate of drug-likeness (QED) is 0.843. The van der Waals surface area contributed by atoms with Crippen molar-refractivity contribution < 1.29 is 14.3 Å². The van der Waals surface area contributed by atoms with E-state index >= 15 is 0 Å². The van der Waals surface area contributed by atoms with Gasteiger partial charge in [-0.3, -0.25) is 14.9 Å². The molecule has 4 heteroatoms. The Morgan fingerprint density at radius 3 is 2.53 bits per heavy atom. The Balaban J connectivity index is 2.22. The maximum atomic E-state index is 11.8. The van der Waals surface area contributed by atoms with Gasteiger partial charge in [-0.15, -0.1) is 0 Å². The van der Waals surface area contributed by atoms with Gasteiger partial charge in [0, 0.05) is 25.4 Å². The summed E-state index contributed by atoms with van der Waals surface area (Å²) in [5.41, 5.74) is 2.14. The molecule has 0 aromatic heterocycles. The van der Waals surface area contributed by atoms with Crippen molar-refractivity contribution in [2.75, 3.05) is 7.11 Å². The van der Waals surface area contributed by atoms with Gasteiger partial charge in [0.15, 0.2) is 0 Å². The average Bonchev–Trinajstić information content (AvgIpc) is 2.39. The number of nitrogens with one attached hydrogen (secondary N) is 1. The molecule has 0 bridgehead atoms. The van der Waals surface area contributed by atoms with Crippen molar-refractivity contribution >= 4 is 11.8 Å². The van der Waals surface area contributed by atoms with Crippen LogP contribution in [-0.4, -0.2) is 18.9 Å². The van der Waals surface area contributed by atoms with E-state index in [1.807, 2.05) is 31.2 Å². The van der Waals surface area contributed by atoms with E-state index in [-0.39, 0.29) is 23.7 Å². The molecule has 1 N–H and O–H groups in total. The van der Waals surface area contributed by atoms with Crippen LogP contribution in [-0.2, 0) is 20.9 Å². The molecule has 1 fully saturated rings. The van der Waals surface area contributed by atoms with E-state index in [9.17, 15) is 9.59 Å². The van der Waals surface area contributed by atoms with Gasteiger partial charge in [-0.25, -0.2) is 0 Å². The topological polar surface area (TPSA) is 55.4 Å². The highest BCUT2D eigenvalue weighted by Gasteiger charge is 2.35. The second-order valence-corrected chi connectivity index (χ2v) is 4.91. The van der Waals surface area contributed by atoms with Crippen molar-refractivity contribution in [3.63, 3.8) is 0 Å². The lowest BCUT2D eigenvalue weighted by molar-refractivity contribution is -0.137. The number of ether oxygens (including phenoxy) is 1. The molecule has 1 aromatic rings. The van der Waals surface area contributed by atoms with Crippen LogP contribution in [0.15, 0.2) is 24.3 Å². The zero-order chi connectivity index (χ0) is 13.8. The molecule has 1 aliphatic rings. The average molecular weight is 261 g/mol. The number of benzene rings is 1. The van der Waals surface area contributed by atoms with Crippen LogP contribution >= 0.6 is 0 Å². The highest BCUT2D eigenvalue weighted by molar-refractivity contribution is 5.99. The minimum Gasteiger partial charge on any atom is -0.380 e. The van der Waals surface area contributed by atoms with Crippen LogP contribution < -0.4 is 5.32 Å². The van der Waals surface area contributed by atoms with Crippen molar-refractivity contribution in [3.8, 4) is 0 Å². The maximum Gasteiger partial charge on any atom is 0.230 e. The zero-order valence-electron chi connectivity index (χ0n) is 11.3. The van der Waals surface area contributed by atoms with E-state index in [1.54, 1.807) is 7.11 Å². The van der Waals surface area contributed by atoms with Gasteiger partial charge in [-0.2, -0.15) is 0 Å². The Bertz CT molecular complexity index is 467. The molecule has 1 aromatic carbocycles. The first-order valence-electron chi connectivity index (χ1n) is 6.57. The molecule has 2 atom stereocenters. The van der Waals surface area contributed by atoms with E-state index in [2.05, 4.69) is 5.32 Å². The van der Waals surface area contributed by atoms with E-state index in [4.69, 9.17) is 4.74 Å². The lowest BCUT2D eigenvalue weighted by Gasteiger charge is -2.29. The number of piperidine rings is 1. The highest BCUT2D eigenvalue weighted by Crippen LogP contribution is 2.33. The Kier molecular flexibility index (Phi) is 4.32. The summed E-state index contributed by atoms with van der Waals surface area (Å²) in [6, 6.07) is 7.96. The van der Waals surface area contributed by atoms with Gasteiger partial charge >= 0.3 is 0 Å². The van der Waals surface area contributed by atoms with E-state index in [0.717, 1.165) is 17.5 Å². The van der Waals surface area contributed by atoms with E-state index in [1.165, 1.54) is 0 Å². The molecule has 1 aliphatic heterocycles. The van der Waals surface area contributed by atoms with Crippen molar-refractivity contribution in [2.24, 2.45) is 5.92 Å². The second-order valence-electron chi connectivity index (χ2n) is 4.91. The highest BCUT2D eigenvalue weighted by atomic mass is 16.5. The summed E-state index contributed by atoms with van der Waals surface area (Å²) in [5.74, 6) is -0.459. The Hall–Kier alpha value is -1.68. The van der Waals surface area contributed by atoms with Crippen molar-refractivity contribution in [1.82, 2.24) is 5.32 Å². The Morgan fingerprint density at radius 2 is 1.95 bits per heavy atom. The number of rotatable bonds is 4. The molecule has 0 aliphatic carbocycles. The zero-order valence-corrected chi connectivity index (χ0v) is 11.3. The standard InChI is InChI=1S/C15H19NO3/c1-3-12-13(8-14(17)16-15(12)18)11-6-4-10(5-7-11)9-19-2/h4-7,12-13H,3,8-9H2,1-2H3,(H,16,17,18). The number of hydrogen-bond acceptors (Lipinski definition) is 3. The molecule has 2 rings (SSSR count). The fourth-order valence-corrected chi connectivity index (χ4v) is 2.65. The van der Waals surface area contributed by atoms with Crippen molar-refractivity contribution in [3.05, 3.63) is 35.4 Å². The van der Waals surface area contributed by atoms with Gasteiger partial charge in [0.05, 0.1) is 6.61 Å². The first-order chi connectivity index (χ1) is 9.15. The van der Waals surface area contributed by atoms with Crippen LogP contribution in [0.25, 0.3) is 0 Å². The van der Waals surface area contributed by atoms with Crippen LogP contribution in [0.1, 0.15) is 36.8 Å². The van der Waals surface area contributed by atoms with E-state index in [0.29, 0.717) is 13.0 Å². The van der Waals surface area contributed by atoms with Crippen LogP contribution in [0.2, 0.25) is 0 Å². The third-order valence-electron chi connectivity index (χ3n) is 3.65. The molecule has 102 valence electrons. The largest absolute Gasteiger partial charge is 0.380 e. The molecule has 2 amide bonds. The molecule has 0 spiro atoms. The van der Waals surface area contributed by atoms with Gasteiger partial charge in [0.25, 0.3) is 0 Å². The normalized spacial score (nSPS) is 23.3. The predicted octanol–water partition coefficient (Wildman–Crippen LogP) is 1.99. The lowest BCUT2D eigenvalue weighted by atomic mass is 9.79. The van der Waals surface area contributed by atoms with Crippen LogP contribution in [0, 0.1) is 5.92 Å². The number of carbonyl (C=O) groups is 2. The number of amides is 2. The molecule has 2 unspecified atom stereocenters. The number of methoxy groups -OCH3 is 1. The second kappa shape index (κ2) is 5.97. The first kappa shape index (κ1) is 13.7. The first-order valence-corrected chi connectivity index (χ1v) is 6.57. The van der Waals surface area contributed by atoms with Crippen molar-refractivity contribution in [1.29, 1.82) is 0 Å². The van der Waals surface area contributed by atoms with Gasteiger partial charge in [0.1, 0.15) is 0 Å². The van der Waals surface area contributed by atoms with Crippen LogP contribution in [0.4, 0.5) is 0 Å². The molecular formula is C15H19NO3. The fraction of sp³-hybridized carbons (Fsp3) is 0.467. The lowest BCUT2D eigenvalue weighted by Crippen LogP contribution is -2.44. The SMILES string of the molecule is CCC1C(=O)NC(=O)CC1c1ccc(COC)cc1.